The van der Waals surface area contributed by atoms with Crippen molar-refractivity contribution in [2.45, 2.75) is 62.9 Å². The standard InChI is InChI=1S/C19H29F2NO3/c20-19(21)9-15(10-19)17(23)22-12-18(13-22)16(6-8-25-18)5-7-24-11-14-3-1-2-4-14/h14-16H,1-13H2/t16-/m1/s1. The molecule has 6 heteroatoms. The minimum Gasteiger partial charge on any atom is -0.381 e. The highest BCUT2D eigenvalue weighted by Crippen LogP contribution is 2.47. The molecular weight excluding hydrogens is 328 g/mol. The second-order valence-electron chi connectivity index (χ2n) is 8.57. The molecule has 0 unspecified atom stereocenters. The van der Waals surface area contributed by atoms with Gasteiger partial charge in [-0.3, -0.25) is 4.79 Å². The van der Waals surface area contributed by atoms with Crippen LogP contribution in [0.4, 0.5) is 8.78 Å². The van der Waals surface area contributed by atoms with Crippen LogP contribution in [0.5, 0.6) is 0 Å². The van der Waals surface area contributed by atoms with Gasteiger partial charge in [-0.15, -0.1) is 0 Å². The molecule has 1 spiro atoms. The highest BCUT2D eigenvalue weighted by molar-refractivity contribution is 5.81. The molecule has 4 rings (SSSR count). The number of alkyl halides is 2. The summed E-state index contributed by atoms with van der Waals surface area (Å²) in [4.78, 5) is 14.0. The number of halogens is 2. The number of carbonyl (C=O) groups excluding carboxylic acids is 1. The van der Waals surface area contributed by atoms with Crippen molar-refractivity contribution in [1.82, 2.24) is 4.90 Å². The van der Waals surface area contributed by atoms with Gasteiger partial charge in [0.05, 0.1) is 13.1 Å². The van der Waals surface area contributed by atoms with E-state index in [1.54, 1.807) is 4.90 Å². The second kappa shape index (κ2) is 6.76. The van der Waals surface area contributed by atoms with Gasteiger partial charge in [0.15, 0.2) is 0 Å². The summed E-state index contributed by atoms with van der Waals surface area (Å²) >= 11 is 0. The zero-order chi connectivity index (χ0) is 17.5. The fraction of sp³-hybridized carbons (Fsp3) is 0.947. The van der Waals surface area contributed by atoms with E-state index in [9.17, 15) is 13.6 Å². The van der Waals surface area contributed by atoms with Crippen molar-refractivity contribution in [2.24, 2.45) is 17.8 Å². The van der Waals surface area contributed by atoms with Gasteiger partial charge in [-0.25, -0.2) is 8.78 Å². The van der Waals surface area contributed by atoms with E-state index in [4.69, 9.17) is 9.47 Å². The maximum absolute atomic E-state index is 13.0. The average Bonchev–Trinajstić information content (AvgIpc) is 3.16. The monoisotopic (exact) mass is 357 g/mol. The Bertz CT molecular complexity index is 493. The predicted octanol–water partition coefficient (Wildman–Crippen LogP) is 3.25. The largest absolute Gasteiger partial charge is 0.381 e. The molecule has 25 heavy (non-hydrogen) atoms. The molecule has 1 atom stereocenters. The van der Waals surface area contributed by atoms with E-state index in [0.29, 0.717) is 19.0 Å². The summed E-state index contributed by atoms with van der Waals surface area (Å²) in [5.74, 6) is -2.06. The van der Waals surface area contributed by atoms with Gasteiger partial charge >= 0.3 is 0 Å². The van der Waals surface area contributed by atoms with E-state index in [2.05, 4.69) is 0 Å². The van der Waals surface area contributed by atoms with Crippen molar-refractivity contribution < 1.29 is 23.0 Å². The number of hydrogen-bond acceptors (Lipinski definition) is 3. The van der Waals surface area contributed by atoms with Gasteiger partial charge in [-0.1, -0.05) is 12.8 Å². The molecule has 2 saturated heterocycles. The molecule has 2 saturated carbocycles. The molecule has 4 aliphatic rings. The summed E-state index contributed by atoms with van der Waals surface area (Å²) in [6.07, 6.45) is 6.69. The Balaban J connectivity index is 1.19. The normalized spacial score (nSPS) is 31.3. The highest BCUT2D eigenvalue weighted by atomic mass is 19.3. The van der Waals surface area contributed by atoms with E-state index in [1.165, 1.54) is 25.7 Å². The minimum atomic E-state index is -2.63. The SMILES string of the molecule is O=C(C1CC(F)(F)C1)N1CC2(C1)OCC[C@H]2CCOCC1CCCC1. The molecule has 1 amide bonds. The van der Waals surface area contributed by atoms with Gasteiger partial charge in [-0.05, 0) is 37.5 Å². The van der Waals surface area contributed by atoms with Crippen LogP contribution in [0.2, 0.25) is 0 Å². The fourth-order valence-electron chi connectivity index (χ4n) is 5.04. The van der Waals surface area contributed by atoms with Crippen molar-refractivity contribution in [3.63, 3.8) is 0 Å². The Labute approximate surface area is 148 Å². The van der Waals surface area contributed by atoms with Crippen LogP contribution in [-0.2, 0) is 14.3 Å². The molecule has 2 aliphatic heterocycles. The molecule has 0 aromatic carbocycles. The van der Waals surface area contributed by atoms with Gasteiger partial charge in [0.25, 0.3) is 0 Å². The van der Waals surface area contributed by atoms with E-state index in [0.717, 1.165) is 38.6 Å². The van der Waals surface area contributed by atoms with Crippen molar-refractivity contribution in [2.75, 3.05) is 32.9 Å². The Morgan fingerprint density at radius 2 is 1.88 bits per heavy atom. The summed E-state index contributed by atoms with van der Waals surface area (Å²) in [5.41, 5.74) is -0.237. The van der Waals surface area contributed by atoms with Crippen LogP contribution in [0.3, 0.4) is 0 Å². The number of rotatable bonds is 6. The maximum atomic E-state index is 13.0. The third kappa shape index (κ3) is 3.57. The van der Waals surface area contributed by atoms with E-state index in [1.807, 2.05) is 0 Å². The third-order valence-corrected chi connectivity index (χ3v) is 6.71. The van der Waals surface area contributed by atoms with Crippen LogP contribution >= 0.6 is 0 Å². The first-order valence-corrected chi connectivity index (χ1v) is 9.86. The number of hydrogen-bond donors (Lipinski definition) is 0. The van der Waals surface area contributed by atoms with E-state index < -0.39 is 11.8 Å². The van der Waals surface area contributed by atoms with Crippen LogP contribution in [0.25, 0.3) is 0 Å². The molecule has 2 heterocycles. The smallest absolute Gasteiger partial charge is 0.249 e. The quantitative estimate of drug-likeness (QED) is 0.685. The lowest BCUT2D eigenvalue weighted by molar-refractivity contribution is -0.185. The van der Waals surface area contributed by atoms with Crippen LogP contribution in [-0.4, -0.2) is 55.2 Å². The topological polar surface area (TPSA) is 38.8 Å². The molecular formula is C19H29F2NO3. The molecule has 0 N–H and O–H groups in total. The van der Waals surface area contributed by atoms with Gasteiger partial charge in [-0.2, -0.15) is 0 Å². The molecule has 4 fully saturated rings. The lowest BCUT2D eigenvalue weighted by Crippen LogP contribution is -2.67. The highest BCUT2D eigenvalue weighted by Gasteiger charge is 2.57. The summed E-state index contributed by atoms with van der Waals surface area (Å²) in [6, 6.07) is 0. The molecule has 2 aliphatic carbocycles. The Hall–Kier alpha value is -0.750. The molecule has 0 aromatic rings. The molecule has 0 radical (unpaired) electrons. The number of carbonyl (C=O) groups is 1. The minimum absolute atomic E-state index is 0.108. The first-order chi connectivity index (χ1) is 12.0. The summed E-state index contributed by atoms with van der Waals surface area (Å²) in [5, 5.41) is 0. The van der Waals surface area contributed by atoms with Gasteiger partial charge in [0.2, 0.25) is 11.8 Å². The van der Waals surface area contributed by atoms with Crippen LogP contribution < -0.4 is 0 Å². The third-order valence-electron chi connectivity index (χ3n) is 6.71. The summed E-state index contributed by atoms with van der Waals surface area (Å²) < 4.78 is 37.8. The van der Waals surface area contributed by atoms with Gasteiger partial charge in [0, 0.05) is 38.6 Å². The van der Waals surface area contributed by atoms with E-state index >= 15 is 0 Å². The van der Waals surface area contributed by atoms with Gasteiger partial charge < -0.3 is 14.4 Å². The molecule has 0 bridgehead atoms. The Morgan fingerprint density at radius 3 is 2.56 bits per heavy atom. The molecule has 142 valence electrons. The van der Waals surface area contributed by atoms with Crippen molar-refractivity contribution in [3.05, 3.63) is 0 Å². The van der Waals surface area contributed by atoms with Crippen molar-refractivity contribution in [1.29, 1.82) is 0 Å². The Morgan fingerprint density at radius 1 is 1.16 bits per heavy atom. The predicted molar refractivity (Wildman–Crippen MR) is 88.4 cm³/mol. The van der Waals surface area contributed by atoms with Crippen LogP contribution in [0, 0.1) is 17.8 Å². The molecule has 4 nitrogen and oxygen atoms in total. The Kier molecular flexibility index (Phi) is 4.78. The number of ether oxygens (including phenoxy) is 2. The molecule has 0 aromatic heterocycles. The fourth-order valence-corrected chi connectivity index (χ4v) is 5.04. The average molecular weight is 357 g/mol. The van der Waals surface area contributed by atoms with E-state index in [-0.39, 0.29) is 24.3 Å². The van der Waals surface area contributed by atoms with Crippen LogP contribution in [0.15, 0.2) is 0 Å². The first kappa shape index (κ1) is 17.7. The lowest BCUT2D eigenvalue weighted by atomic mass is 9.75. The summed E-state index contributed by atoms with van der Waals surface area (Å²) in [7, 11) is 0. The second-order valence-corrected chi connectivity index (χ2v) is 8.57. The number of amides is 1. The van der Waals surface area contributed by atoms with Crippen molar-refractivity contribution >= 4 is 5.91 Å². The number of nitrogens with zero attached hydrogens (tertiary/aromatic N) is 1. The van der Waals surface area contributed by atoms with Gasteiger partial charge in [0.1, 0.15) is 5.60 Å². The lowest BCUT2D eigenvalue weighted by Gasteiger charge is -2.52. The zero-order valence-electron chi connectivity index (χ0n) is 14.9. The van der Waals surface area contributed by atoms with Crippen molar-refractivity contribution in [3.8, 4) is 0 Å². The number of likely N-dealkylation sites (tertiary alicyclic amines) is 1. The summed E-state index contributed by atoms with van der Waals surface area (Å²) in [6.45, 7) is 3.51. The van der Waals surface area contributed by atoms with Crippen LogP contribution in [0.1, 0.15) is 51.4 Å². The zero-order valence-corrected chi connectivity index (χ0v) is 14.9. The maximum Gasteiger partial charge on any atom is 0.249 e. The first-order valence-electron chi connectivity index (χ1n) is 9.86.